The summed E-state index contributed by atoms with van der Waals surface area (Å²) in [5.41, 5.74) is 6.97. The number of nitrogen functional groups attached to an aromatic ring is 1. The highest BCUT2D eigenvalue weighted by atomic mass is 79.9. The van der Waals surface area contributed by atoms with Crippen molar-refractivity contribution in [1.82, 2.24) is 5.32 Å². The van der Waals surface area contributed by atoms with Gasteiger partial charge in [0.2, 0.25) is 0 Å². The van der Waals surface area contributed by atoms with E-state index in [1.165, 1.54) is 12.1 Å². The van der Waals surface area contributed by atoms with Crippen LogP contribution >= 0.6 is 15.9 Å². The summed E-state index contributed by atoms with van der Waals surface area (Å²) in [5.74, 6) is -2.22. The third kappa shape index (κ3) is 3.58. The van der Waals surface area contributed by atoms with Gasteiger partial charge in [0, 0.05) is 10.2 Å². The molecule has 1 atom stereocenters. The topological polar surface area (TPSA) is 55.1 Å². The van der Waals surface area contributed by atoms with Crippen molar-refractivity contribution in [2.75, 3.05) is 5.73 Å². The van der Waals surface area contributed by atoms with Crippen molar-refractivity contribution in [2.45, 2.75) is 13.0 Å². The quantitative estimate of drug-likeness (QED) is 0.823. The van der Waals surface area contributed by atoms with Crippen molar-refractivity contribution < 1.29 is 13.6 Å². The molecule has 21 heavy (non-hydrogen) atoms. The highest BCUT2D eigenvalue weighted by molar-refractivity contribution is 9.10. The average Bonchev–Trinajstić information content (AvgIpc) is 2.44. The van der Waals surface area contributed by atoms with Crippen LogP contribution in [-0.4, -0.2) is 5.91 Å². The zero-order chi connectivity index (χ0) is 15.6. The van der Waals surface area contributed by atoms with Gasteiger partial charge >= 0.3 is 0 Å². The molecule has 2 aromatic rings. The molecule has 6 heteroatoms. The summed E-state index contributed by atoms with van der Waals surface area (Å²) in [5, 5.41) is 2.71. The van der Waals surface area contributed by atoms with E-state index in [4.69, 9.17) is 5.73 Å². The molecule has 3 N–H and O–H groups in total. The third-order valence-electron chi connectivity index (χ3n) is 3.03. The zero-order valence-corrected chi connectivity index (χ0v) is 12.7. The fourth-order valence-electron chi connectivity index (χ4n) is 1.86. The fourth-order valence-corrected chi connectivity index (χ4v) is 2.28. The minimum absolute atomic E-state index is 0.355. The number of amides is 1. The molecule has 0 saturated heterocycles. The van der Waals surface area contributed by atoms with Crippen molar-refractivity contribution in [3.8, 4) is 0 Å². The van der Waals surface area contributed by atoms with Crippen molar-refractivity contribution in [1.29, 1.82) is 0 Å². The van der Waals surface area contributed by atoms with Crippen LogP contribution in [0.5, 0.6) is 0 Å². The summed E-state index contributed by atoms with van der Waals surface area (Å²) in [6, 6.07) is 7.93. The second-order valence-corrected chi connectivity index (χ2v) is 5.46. The van der Waals surface area contributed by atoms with Crippen LogP contribution in [0.25, 0.3) is 0 Å². The van der Waals surface area contributed by atoms with Crippen LogP contribution in [-0.2, 0) is 0 Å². The average molecular weight is 355 g/mol. The molecule has 0 saturated carbocycles. The summed E-state index contributed by atoms with van der Waals surface area (Å²) in [6.45, 7) is 1.69. The van der Waals surface area contributed by atoms with Crippen LogP contribution in [0, 0.1) is 11.6 Å². The SMILES string of the molecule is CC(NC(=O)c1cc(N)ccc1Br)c1ccc(F)c(F)c1. The van der Waals surface area contributed by atoms with Crippen LogP contribution in [0.2, 0.25) is 0 Å². The summed E-state index contributed by atoms with van der Waals surface area (Å²) < 4.78 is 26.7. The van der Waals surface area contributed by atoms with E-state index in [1.807, 2.05) is 0 Å². The van der Waals surface area contributed by atoms with E-state index in [-0.39, 0.29) is 5.91 Å². The minimum atomic E-state index is -0.946. The second-order valence-electron chi connectivity index (χ2n) is 4.61. The first-order valence-electron chi connectivity index (χ1n) is 6.19. The number of anilines is 1. The number of hydrogen-bond acceptors (Lipinski definition) is 2. The first kappa shape index (κ1) is 15.4. The van der Waals surface area contributed by atoms with Gasteiger partial charge in [-0.3, -0.25) is 4.79 Å². The van der Waals surface area contributed by atoms with Crippen molar-refractivity contribution >= 4 is 27.5 Å². The molecule has 1 amide bonds. The largest absolute Gasteiger partial charge is 0.399 e. The fraction of sp³-hybridized carbons (Fsp3) is 0.133. The molecular weight excluding hydrogens is 342 g/mol. The number of nitrogens with two attached hydrogens (primary N) is 1. The molecule has 0 radical (unpaired) electrons. The first-order chi connectivity index (χ1) is 9.88. The van der Waals surface area contributed by atoms with Crippen LogP contribution in [0.3, 0.4) is 0 Å². The number of nitrogens with one attached hydrogen (secondary N) is 1. The van der Waals surface area contributed by atoms with E-state index in [0.717, 1.165) is 12.1 Å². The Morgan fingerprint density at radius 3 is 2.57 bits per heavy atom. The highest BCUT2D eigenvalue weighted by Gasteiger charge is 2.15. The van der Waals surface area contributed by atoms with Gasteiger partial charge in [-0.15, -0.1) is 0 Å². The lowest BCUT2D eigenvalue weighted by molar-refractivity contribution is 0.0939. The first-order valence-corrected chi connectivity index (χ1v) is 6.98. The molecule has 1 unspecified atom stereocenters. The highest BCUT2D eigenvalue weighted by Crippen LogP contribution is 2.21. The monoisotopic (exact) mass is 354 g/mol. The molecule has 0 spiro atoms. The van der Waals surface area contributed by atoms with Gasteiger partial charge in [-0.2, -0.15) is 0 Å². The molecule has 2 rings (SSSR count). The van der Waals surface area contributed by atoms with Gasteiger partial charge in [-0.25, -0.2) is 8.78 Å². The number of benzene rings is 2. The van der Waals surface area contributed by atoms with E-state index in [0.29, 0.717) is 21.3 Å². The Balaban J connectivity index is 2.18. The number of rotatable bonds is 3. The number of carbonyl (C=O) groups is 1. The normalized spacial score (nSPS) is 12.0. The predicted molar refractivity (Wildman–Crippen MR) is 80.8 cm³/mol. The molecule has 3 nitrogen and oxygen atoms in total. The van der Waals surface area contributed by atoms with Gasteiger partial charge in [0.05, 0.1) is 11.6 Å². The molecule has 0 aromatic heterocycles. The van der Waals surface area contributed by atoms with E-state index in [1.54, 1.807) is 19.1 Å². The number of halogens is 3. The summed E-state index contributed by atoms with van der Waals surface area (Å²) >= 11 is 3.27. The van der Waals surface area contributed by atoms with Gasteiger partial charge in [0.1, 0.15) is 0 Å². The van der Waals surface area contributed by atoms with Gasteiger partial charge in [0.15, 0.2) is 11.6 Å². The van der Waals surface area contributed by atoms with Gasteiger partial charge in [-0.05, 0) is 58.7 Å². The molecule has 2 aromatic carbocycles. The van der Waals surface area contributed by atoms with Gasteiger partial charge in [0.25, 0.3) is 5.91 Å². The molecule has 0 aliphatic carbocycles. The molecule has 0 fully saturated rings. The summed E-state index contributed by atoms with van der Waals surface area (Å²) in [7, 11) is 0. The molecule has 0 bridgehead atoms. The maximum atomic E-state index is 13.2. The maximum absolute atomic E-state index is 13.2. The van der Waals surface area contributed by atoms with E-state index in [9.17, 15) is 13.6 Å². The van der Waals surface area contributed by atoms with Gasteiger partial charge < -0.3 is 11.1 Å². The molecule has 0 heterocycles. The Morgan fingerprint density at radius 1 is 1.19 bits per heavy atom. The Hall–Kier alpha value is -1.95. The van der Waals surface area contributed by atoms with E-state index < -0.39 is 17.7 Å². The standard InChI is InChI=1S/C15H13BrF2N2O/c1-8(9-2-5-13(17)14(18)6-9)20-15(21)11-7-10(19)3-4-12(11)16/h2-8H,19H2,1H3,(H,20,21). The zero-order valence-electron chi connectivity index (χ0n) is 11.2. The lowest BCUT2D eigenvalue weighted by Gasteiger charge is -2.15. The summed E-state index contributed by atoms with van der Waals surface area (Å²) in [4.78, 5) is 12.2. The van der Waals surface area contributed by atoms with E-state index in [2.05, 4.69) is 21.2 Å². The smallest absolute Gasteiger partial charge is 0.252 e. The molecule has 110 valence electrons. The van der Waals surface area contributed by atoms with Crippen LogP contribution in [0.15, 0.2) is 40.9 Å². The van der Waals surface area contributed by atoms with Crippen molar-refractivity contribution in [2.24, 2.45) is 0 Å². The second kappa shape index (κ2) is 6.22. The minimum Gasteiger partial charge on any atom is -0.399 e. The van der Waals surface area contributed by atoms with Crippen molar-refractivity contribution in [3.05, 3.63) is 63.6 Å². The maximum Gasteiger partial charge on any atom is 0.252 e. The lowest BCUT2D eigenvalue weighted by Crippen LogP contribution is -2.27. The van der Waals surface area contributed by atoms with Crippen LogP contribution in [0.1, 0.15) is 28.9 Å². The Morgan fingerprint density at radius 2 is 1.90 bits per heavy atom. The van der Waals surface area contributed by atoms with Crippen LogP contribution < -0.4 is 11.1 Å². The summed E-state index contributed by atoms with van der Waals surface area (Å²) in [6.07, 6.45) is 0. The van der Waals surface area contributed by atoms with Crippen LogP contribution in [0.4, 0.5) is 14.5 Å². The Bertz CT molecular complexity index is 691. The molecular formula is C15H13BrF2N2O. The Labute approximate surface area is 129 Å². The molecule has 0 aliphatic rings. The number of carbonyl (C=O) groups excluding carboxylic acids is 1. The Kier molecular flexibility index (Phi) is 4.57. The predicted octanol–water partition coefficient (Wildman–Crippen LogP) is 3.80. The van der Waals surface area contributed by atoms with Crippen molar-refractivity contribution in [3.63, 3.8) is 0 Å². The van der Waals surface area contributed by atoms with Gasteiger partial charge in [-0.1, -0.05) is 6.07 Å². The number of hydrogen-bond donors (Lipinski definition) is 2. The van der Waals surface area contributed by atoms with E-state index >= 15 is 0 Å². The third-order valence-corrected chi connectivity index (χ3v) is 3.72. The lowest BCUT2D eigenvalue weighted by atomic mass is 10.1. The molecule has 0 aliphatic heterocycles.